The molecule has 0 aliphatic rings. The van der Waals surface area contributed by atoms with Gasteiger partial charge in [0.15, 0.2) is 5.96 Å². The van der Waals surface area contributed by atoms with Crippen molar-refractivity contribution in [3.8, 4) is 0 Å². The van der Waals surface area contributed by atoms with E-state index >= 15 is 0 Å². The molecule has 0 saturated heterocycles. The van der Waals surface area contributed by atoms with Gasteiger partial charge in [-0.1, -0.05) is 6.07 Å². The van der Waals surface area contributed by atoms with Crippen LogP contribution in [0, 0.1) is 5.82 Å². The van der Waals surface area contributed by atoms with Gasteiger partial charge in [0, 0.05) is 29.9 Å². The van der Waals surface area contributed by atoms with E-state index in [2.05, 4.69) is 35.7 Å². The summed E-state index contributed by atoms with van der Waals surface area (Å²) >= 11 is 1.82. The Bertz CT molecular complexity index is 550. The van der Waals surface area contributed by atoms with Crippen molar-refractivity contribution in [2.75, 3.05) is 33.4 Å². The van der Waals surface area contributed by atoms with Gasteiger partial charge in [-0.15, -0.1) is 24.0 Å². The van der Waals surface area contributed by atoms with Crippen LogP contribution in [0.15, 0.2) is 23.2 Å². The predicted molar refractivity (Wildman–Crippen MR) is 120 cm³/mol. The molecule has 0 aromatic heterocycles. The normalized spacial score (nSPS) is 12.1. The van der Waals surface area contributed by atoms with Gasteiger partial charge in [-0.2, -0.15) is 11.8 Å². The van der Waals surface area contributed by atoms with Crippen LogP contribution in [-0.2, 0) is 13.1 Å². The molecule has 0 heterocycles. The molecular weight excluding hydrogens is 450 g/mol. The maximum Gasteiger partial charge on any atom is 0.191 e. The monoisotopic (exact) mass is 482 g/mol. The van der Waals surface area contributed by atoms with Crippen LogP contribution in [0.5, 0.6) is 0 Å². The predicted octanol–water partition coefficient (Wildman–Crippen LogP) is 3.70. The van der Waals surface area contributed by atoms with Gasteiger partial charge in [-0.3, -0.25) is 0 Å². The van der Waals surface area contributed by atoms with E-state index < -0.39 is 0 Å². The molecule has 0 atom stereocenters. The van der Waals surface area contributed by atoms with Gasteiger partial charge in [0.05, 0.1) is 6.54 Å². The van der Waals surface area contributed by atoms with E-state index in [1.165, 1.54) is 6.07 Å². The van der Waals surface area contributed by atoms with Crippen LogP contribution in [0.3, 0.4) is 0 Å². The van der Waals surface area contributed by atoms with Crippen molar-refractivity contribution in [2.24, 2.45) is 4.99 Å². The van der Waals surface area contributed by atoms with E-state index in [0.717, 1.165) is 24.6 Å². The van der Waals surface area contributed by atoms with Crippen molar-refractivity contribution < 1.29 is 4.39 Å². The van der Waals surface area contributed by atoms with Crippen LogP contribution in [0.4, 0.5) is 4.39 Å². The summed E-state index contributed by atoms with van der Waals surface area (Å²) in [5.74, 6) is 0.626. The molecule has 0 saturated carbocycles. The molecule has 7 heteroatoms. The number of aliphatic imine (C=N–C) groups is 1. The first-order chi connectivity index (χ1) is 11.3. The molecule has 2 N–H and O–H groups in total. The molecule has 25 heavy (non-hydrogen) atoms. The third kappa shape index (κ3) is 9.65. The summed E-state index contributed by atoms with van der Waals surface area (Å²) in [5.41, 5.74) is 1.71. The average Bonchev–Trinajstić information content (AvgIpc) is 2.52. The van der Waals surface area contributed by atoms with E-state index in [1.807, 2.05) is 43.7 Å². The summed E-state index contributed by atoms with van der Waals surface area (Å²) in [4.78, 5) is 6.58. The highest BCUT2D eigenvalue weighted by Crippen LogP contribution is 2.19. The number of nitrogens with zero attached hydrogens (tertiary/aromatic N) is 2. The third-order valence-corrected chi connectivity index (χ3v) is 4.84. The number of hydrogen-bond acceptors (Lipinski definition) is 3. The van der Waals surface area contributed by atoms with Crippen molar-refractivity contribution in [1.82, 2.24) is 15.5 Å². The van der Waals surface area contributed by atoms with E-state index in [9.17, 15) is 4.39 Å². The minimum Gasteiger partial charge on any atom is -0.357 e. The molecule has 0 unspecified atom stereocenters. The molecule has 1 aromatic carbocycles. The number of thioether (sulfide) groups is 1. The fourth-order valence-corrected chi connectivity index (χ4v) is 2.29. The van der Waals surface area contributed by atoms with Crippen molar-refractivity contribution in [3.63, 3.8) is 0 Å². The number of nitrogens with one attached hydrogen (secondary N) is 2. The zero-order chi connectivity index (χ0) is 18.2. The first kappa shape index (κ1) is 24.5. The lowest BCUT2D eigenvalue weighted by atomic mass is 10.1. The molecule has 0 bridgehead atoms. The van der Waals surface area contributed by atoms with E-state index in [0.29, 0.717) is 18.7 Å². The lowest BCUT2D eigenvalue weighted by molar-refractivity contribution is 0.392. The maximum absolute atomic E-state index is 13.9. The van der Waals surface area contributed by atoms with Crippen molar-refractivity contribution in [3.05, 3.63) is 35.1 Å². The smallest absolute Gasteiger partial charge is 0.191 e. The lowest BCUT2D eigenvalue weighted by Crippen LogP contribution is -2.43. The summed E-state index contributed by atoms with van der Waals surface area (Å²) in [5, 5.41) is 6.63. The quantitative estimate of drug-likeness (QED) is 0.337. The lowest BCUT2D eigenvalue weighted by Gasteiger charge is -2.23. The van der Waals surface area contributed by atoms with Crippen LogP contribution in [-0.4, -0.2) is 49.0 Å². The fraction of sp³-hybridized carbons (Fsp3) is 0.611. The number of guanidine groups is 1. The molecule has 0 amide bonds. The maximum atomic E-state index is 13.9. The first-order valence-electron chi connectivity index (χ1n) is 8.26. The van der Waals surface area contributed by atoms with Gasteiger partial charge in [-0.05, 0) is 58.8 Å². The molecule has 0 spiro atoms. The summed E-state index contributed by atoms with van der Waals surface area (Å²) in [6.45, 7) is 9.18. The van der Waals surface area contributed by atoms with Gasteiger partial charge in [0.2, 0.25) is 0 Å². The van der Waals surface area contributed by atoms with E-state index in [-0.39, 0.29) is 34.5 Å². The zero-order valence-electron chi connectivity index (χ0n) is 16.1. The highest BCUT2D eigenvalue weighted by Gasteiger charge is 2.16. The molecular formula is C18H32FIN4S. The summed E-state index contributed by atoms with van der Waals surface area (Å²) in [6.07, 6.45) is 2.11. The molecule has 0 fully saturated rings. The molecule has 144 valence electrons. The SMILES string of the molecule is CCNC(=NCc1ccc(F)c(CN(C)C)c1)NCC(C)(C)SC.I. The average molecular weight is 482 g/mol. The third-order valence-electron chi connectivity index (χ3n) is 3.59. The second kappa shape index (κ2) is 12.0. The number of rotatable bonds is 8. The van der Waals surface area contributed by atoms with Gasteiger partial charge in [0.1, 0.15) is 5.82 Å². The number of halogens is 2. The largest absolute Gasteiger partial charge is 0.357 e. The van der Waals surface area contributed by atoms with Crippen LogP contribution < -0.4 is 10.6 Å². The second-order valence-corrected chi connectivity index (χ2v) is 8.19. The number of hydrogen-bond donors (Lipinski definition) is 2. The highest BCUT2D eigenvalue weighted by molar-refractivity contribution is 14.0. The van der Waals surface area contributed by atoms with Crippen molar-refractivity contribution >= 4 is 41.7 Å². The van der Waals surface area contributed by atoms with Gasteiger partial charge < -0.3 is 15.5 Å². The molecule has 1 rings (SSSR count). The van der Waals surface area contributed by atoms with E-state index in [4.69, 9.17) is 0 Å². The topological polar surface area (TPSA) is 39.7 Å². The first-order valence-corrected chi connectivity index (χ1v) is 9.49. The highest BCUT2D eigenvalue weighted by atomic mass is 127. The minimum atomic E-state index is -0.164. The molecule has 0 aliphatic carbocycles. The Hall–Kier alpha value is -0.540. The Morgan fingerprint density at radius 1 is 1.28 bits per heavy atom. The minimum absolute atomic E-state index is 0. The fourth-order valence-electron chi connectivity index (χ4n) is 2.07. The second-order valence-electron chi connectivity index (χ2n) is 6.68. The molecule has 0 radical (unpaired) electrons. The Kier molecular flexibility index (Phi) is 11.7. The number of benzene rings is 1. The molecule has 0 aliphatic heterocycles. The Morgan fingerprint density at radius 2 is 1.96 bits per heavy atom. The molecule has 4 nitrogen and oxygen atoms in total. The Morgan fingerprint density at radius 3 is 2.52 bits per heavy atom. The summed E-state index contributed by atoms with van der Waals surface area (Å²) in [6, 6.07) is 5.22. The van der Waals surface area contributed by atoms with Crippen LogP contribution in [0.25, 0.3) is 0 Å². The molecule has 1 aromatic rings. The Balaban J connectivity index is 0.00000576. The van der Waals surface area contributed by atoms with Gasteiger partial charge in [0.25, 0.3) is 0 Å². The van der Waals surface area contributed by atoms with Gasteiger partial charge in [-0.25, -0.2) is 9.38 Å². The van der Waals surface area contributed by atoms with E-state index in [1.54, 1.807) is 6.07 Å². The van der Waals surface area contributed by atoms with Crippen LogP contribution in [0.2, 0.25) is 0 Å². The summed E-state index contributed by atoms with van der Waals surface area (Å²) in [7, 11) is 3.87. The van der Waals surface area contributed by atoms with Crippen molar-refractivity contribution in [2.45, 2.75) is 38.6 Å². The summed E-state index contributed by atoms with van der Waals surface area (Å²) < 4.78 is 14.0. The Labute approximate surface area is 173 Å². The zero-order valence-corrected chi connectivity index (χ0v) is 19.3. The standard InChI is InChI=1S/C18H31FN4S.HI/c1-7-20-17(22-13-18(2,3)24-6)21-11-14-8-9-16(19)15(10-14)12-23(4)5;/h8-10H,7,11-13H2,1-6H3,(H2,20,21,22);1H. The van der Waals surface area contributed by atoms with Crippen molar-refractivity contribution in [1.29, 1.82) is 0 Å². The van der Waals surface area contributed by atoms with Crippen LogP contribution >= 0.6 is 35.7 Å². The van der Waals surface area contributed by atoms with Gasteiger partial charge >= 0.3 is 0 Å². The van der Waals surface area contributed by atoms with Crippen LogP contribution in [0.1, 0.15) is 31.9 Å².